The van der Waals surface area contributed by atoms with Crippen LogP contribution < -0.4 is 14.8 Å². The molecule has 2 fully saturated rings. The van der Waals surface area contributed by atoms with Gasteiger partial charge in [-0.2, -0.15) is 8.78 Å². The van der Waals surface area contributed by atoms with E-state index in [0.29, 0.717) is 30.0 Å². The van der Waals surface area contributed by atoms with Crippen LogP contribution in [0.2, 0.25) is 5.02 Å². The maximum Gasteiger partial charge on any atom is 0.410 e. The van der Waals surface area contributed by atoms with Crippen molar-refractivity contribution in [2.75, 3.05) is 20.3 Å². The first kappa shape index (κ1) is 25.8. The van der Waals surface area contributed by atoms with Crippen molar-refractivity contribution < 1.29 is 37.0 Å². The van der Waals surface area contributed by atoms with Crippen molar-refractivity contribution in [1.82, 2.24) is 15.2 Å². The Labute approximate surface area is 221 Å². The van der Waals surface area contributed by atoms with Gasteiger partial charge in [-0.15, -0.1) is 0 Å². The topological polar surface area (TPSA) is 103 Å². The Balaban J connectivity index is 1.44. The summed E-state index contributed by atoms with van der Waals surface area (Å²) in [5.74, 6) is -0.685. The summed E-state index contributed by atoms with van der Waals surface area (Å²) in [7, 11) is 1.40. The molecule has 0 saturated carbocycles. The van der Waals surface area contributed by atoms with Gasteiger partial charge < -0.3 is 28.8 Å². The molecule has 0 spiro atoms. The van der Waals surface area contributed by atoms with E-state index < -0.39 is 18.2 Å². The fourth-order valence-electron chi connectivity index (χ4n) is 4.54. The van der Waals surface area contributed by atoms with Gasteiger partial charge in [0.25, 0.3) is 11.8 Å². The van der Waals surface area contributed by atoms with Crippen LogP contribution in [0.15, 0.2) is 47.0 Å². The third-order valence-electron chi connectivity index (χ3n) is 6.48. The SMILES string of the molecule is COc1cc(-c2cnc(C(F)F)o2)c(O[C@H]2CCN3C(=O)OC[C@@H]3C2)cc1C(=O)NCc1ccc(Cl)cc1. The average Bonchev–Trinajstić information content (AvgIpc) is 3.55. The highest BCUT2D eigenvalue weighted by atomic mass is 35.5. The van der Waals surface area contributed by atoms with Crippen molar-refractivity contribution >= 4 is 23.6 Å². The standard InChI is InChI=1S/C26H24ClF2N3O6/c1-35-20-9-18(22-12-31-25(38-22)23(28)29)21(37-17-6-7-32-16(8-17)13-36-26(32)34)10-19(20)24(33)30-11-14-2-4-15(27)5-3-14/h2-5,9-10,12,16-17,23H,6-8,11,13H2,1H3,(H,30,33)/t16-,17-/m0/s1. The third-order valence-corrected chi connectivity index (χ3v) is 6.74. The molecule has 5 rings (SSSR count). The maximum atomic E-state index is 13.2. The largest absolute Gasteiger partial charge is 0.496 e. The van der Waals surface area contributed by atoms with Gasteiger partial charge in [-0.05, 0) is 29.8 Å². The number of nitrogens with zero attached hydrogens (tertiary/aromatic N) is 2. The number of alkyl halides is 2. The minimum atomic E-state index is -2.89. The van der Waals surface area contributed by atoms with Crippen molar-refractivity contribution in [3.63, 3.8) is 0 Å². The first-order chi connectivity index (χ1) is 18.3. The molecule has 0 aliphatic carbocycles. The molecule has 2 aromatic carbocycles. The number of oxazole rings is 1. The molecule has 0 radical (unpaired) electrons. The van der Waals surface area contributed by atoms with Crippen LogP contribution in [0.3, 0.4) is 0 Å². The minimum Gasteiger partial charge on any atom is -0.496 e. The van der Waals surface area contributed by atoms with Crippen molar-refractivity contribution in [2.24, 2.45) is 0 Å². The van der Waals surface area contributed by atoms with Gasteiger partial charge in [0, 0.05) is 31.0 Å². The van der Waals surface area contributed by atoms with E-state index in [1.54, 1.807) is 29.2 Å². The fraction of sp³-hybridized carbons (Fsp3) is 0.346. The molecule has 38 heavy (non-hydrogen) atoms. The number of fused-ring (bicyclic) bond motifs is 1. The van der Waals surface area contributed by atoms with E-state index in [1.165, 1.54) is 25.4 Å². The number of rotatable bonds is 8. The molecule has 12 heteroatoms. The predicted octanol–water partition coefficient (Wildman–Crippen LogP) is 5.23. The number of cyclic esters (lactones) is 1. The summed E-state index contributed by atoms with van der Waals surface area (Å²) in [4.78, 5) is 30.3. The van der Waals surface area contributed by atoms with Crippen LogP contribution in [-0.4, -0.2) is 54.3 Å². The number of hydrogen-bond acceptors (Lipinski definition) is 7. The second kappa shape index (κ2) is 10.9. The van der Waals surface area contributed by atoms with Crippen LogP contribution >= 0.6 is 11.6 Å². The lowest BCUT2D eigenvalue weighted by molar-refractivity contribution is 0.0915. The molecule has 2 aliphatic heterocycles. The van der Waals surface area contributed by atoms with Crippen LogP contribution in [0.25, 0.3) is 11.3 Å². The number of ether oxygens (including phenoxy) is 3. The van der Waals surface area contributed by atoms with Crippen LogP contribution in [0.4, 0.5) is 13.6 Å². The van der Waals surface area contributed by atoms with E-state index >= 15 is 0 Å². The Bertz CT molecular complexity index is 1330. The number of carbonyl (C=O) groups is 2. The summed E-state index contributed by atoms with van der Waals surface area (Å²) in [6, 6.07) is 9.92. The number of carbonyl (C=O) groups excluding carboxylic acids is 2. The van der Waals surface area contributed by atoms with E-state index in [2.05, 4.69) is 10.3 Å². The second-order valence-corrected chi connectivity index (χ2v) is 9.35. The molecule has 2 atom stereocenters. The van der Waals surface area contributed by atoms with E-state index in [4.69, 9.17) is 30.2 Å². The summed E-state index contributed by atoms with van der Waals surface area (Å²) in [5, 5.41) is 3.42. The lowest BCUT2D eigenvalue weighted by Gasteiger charge is -2.33. The Kier molecular flexibility index (Phi) is 7.37. The number of piperidine rings is 1. The first-order valence-corrected chi connectivity index (χ1v) is 12.3. The van der Waals surface area contributed by atoms with Crippen LogP contribution in [0.5, 0.6) is 11.5 Å². The summed E-state index contributed by atoms with van der Waals surface area (Å²) in [6.45, 7) is 0.962. The maximum absolute atomic E-state index is 13.2. The molecule has 1 aromatic heterocycles. The molecule has 200 valence electrons. The zero-order valence-electron chi connectivity index (χ0n) is 20.3. The Morgan fingerprint density at radius 1 is 1.26 bits per heavy atom. The highest BCUT2D eigenvalue weighted by molar-refractivity contribution is 6.30. The van der Waals surface area contributed by atoms with E-state index in [-0.39, 0.29) is 54.2 Å². The van der Waals surface area contributed by atoms with Crippen molar-refractivity contribution in [1.29, 1.82) is 0 Å². The van der Waals surface area contributed by atoms with Gasteiger partial charge in [-0.25, -0.2) is 9.78 Å². The molecule has 2 amide bonds. The molecule has 3 heterocycles. The van der Waals surface area contributed by atoms with Gasteiger partial charge in [0.15, 0.2) is 5.76 Å². The summed E-state index contributed by atoms with van der Waals surface area (Å²) < 4.78 is 48.5. The lowest BCUT2D eigenvalue weighted by atomic mass is 10.0. The summed E-state index contributed by atoms with van der Waals surface area (Å²) in [6.07, 6.45) is -1.35. The van der Waals surface area contributed by atoms with Crippen molar-refractivity contribution in [2.45, 2.75) is 38.0 Å². The molecular formula is C26H24ClF2N3O6. The van der Waals surface area contributed by atoms with E-state index in [0.717, 1.165) is 5.56 Å². The van der Waals surface area contributed by atoms with Gasteiger partial charge in [-0.3, -0.25) is 4.79 Å². The third kappa shape index (κ3) is 5.38. The van der Waals surface area contributed by atoms with Gasteiger partial charge in [0.2, 0.25) is 0 Å². The zero-order chi connectivity index (χ0) is 26.8. The molecule has 2 saturated heterocycles. The Hall–Kier alpha value is -3.86. The number of amides is 2. The Morgan fingerprint density at radius 2 is 2.05 bits per heavy atom. The number of halogens is 3. The number of aromatic nitrogens is 1. The van der Waals surface area contributed by atoms with E-state index in [9.17, 15) is 18.4 Å². The smallest absolute Gasteiger partial charge is 0.410 e. The normalized spacial score (nSPS) is 18.8. The van der Waals surface area contributed by atoms with Gasteiger partial charge in [0.1, 0.15) is 24.2 Å². The molecule has 2 aliphatic rings. The summed E-state index contributed by atoms with van der Waals surface area (Å²) >= 11 is 5.93. The number of methoxy groups -OCH3 is 1. The lowest BCUT2D eigenvalue weighted by Crippen LogP contribution is -2.44. The molecule has 0 bridgehead atoms. The van der Waals surface area contributed by atoms with Crippen LogP contribution in [0.1, 0.15) is 41.1 Å². The fourth-order valence-corrected chi connectivity index (χ4v) is 4.66. The number of nitrogens with one attached hydrogen (secondary N) is 1. The predicted molar refractivity (Wildman–Crippen MR) is 132 cm³/mol. The van der Waals surface area contributed by atoms with Crippen LogP contribution in [0, 0.1) is 0 Å². The minimum absolute atomic E-state index is 0.0403. The molecule has 3 aromatic rings. The van der Waals surface area contributed by atoms with Crippen molar-refractivity contribution in [3.05, 3.63) is 64.6 Å². The molecule has 1 N–H and O–H groups in total. The van der Waals surface area contributed by atoms with Crippen molar-refractivity contribution in [3.8, 4) is 22.8 Å². The van der Waals surface area contributed by atoms with E-state index in [1.807, 2.05) is 0 Å². The molecule has 9 nitrogen and oxygen atoms in total. The highest BCUT2D eigenvalue weighted by Crippen LogP contribution is 2.39. The van der Waals surface area contributed by atoms with Crippen LogP contribution in [-0.2, 0) is 11.3 Å². The molecular weight excluding hydrogens is 524 g/mol. The van der Waals surface area contributed by atoms with Gasteiger partial charge >= 0.3 is 12.5 Å². The second-order valence-electron chi connectivity index (χ2n) is 8.91. The Morgan fingerprint density at radius 3 is 2.76 bits per heavy atom. The van der Waals surface area contributed by atoms with Gasteiger partial charge in [0.05, 0.1) is 30.5 Å². The average molecular weight is 548 g/mol. The van der Waals surface area contributed by atoms with Gasteiger partial charge in [-0.1, -0.05) is 23.7 Å². The number of benzene rings is 2. The highest BCUT2D eigenvalue weighted by Gasteiger charge is 2.39. The summed E-state index contributed by atoms with van der Waals surface area (Å²) in [5.41, 5.74) is 1.33. The molecule has 0 unspecified atom stereocenters. The monoisotopic (exact) mass is 547 g/mol. The quantitative estimate of drug-likeness (QED) is 0.412. The number of hydrogen-bond donors (Lipinski definition) is 1. The zero-order valence-corrected chi connectivity index (χ0v) is 21.0. The first-order valence-electron chi connectivity index (χ1n) is 11.9.